The highest BCUT2D eigenvalue weighted by molar-refractivity contribution is 6.35. The molecule has 1 saturated heterocycles. The molecule has 0 spiro atoms. The average Bonchev–Trinajstić information content (AvgIpc) is 2.77. The Labute approximate surface area is 137 Å². The van der Waals surface area contributed by atoms with Crippen LogP contribution in [0.2, 0.25) is 10.0 Å². The fraction of sp³-hybridized carbons (Fsp3) is 0.125. The number of amides is 2. The minimum atomic E-state index is -0.883. The zero-order valence-corrected chi connectivity index (χ0v) is 12.8. The van der Waals surface area contributed by atoms with Crippen molar-refractivity contribution in [3.8, 4) is 5.75 Å². The molecule has 4 nitrogen and oxygen atoms in total. The summed E-state index contributed by atoms with van der Waals surface area (Å²) in [6.45, 7) is 0. The fourth-order valence-electron chi connectivity index (χ4n) is 2.27. The molecule has 1 unspecified atom stereocenters. The van der Waals surface area contributed by atoms with Crippen molar-refractivity contribution >= 4 is 40.7 Å². The van der Waals surface area contributed by atoms with Crippen LogP contribution in [0.3, 0.4) is 0 Å². The molecule has 0 N–H and O–H groups in total. The summed E-state index contributed by atoms with van der Waals surface area (Å²) in [4.78, 5) is 25.6. The van der Waals surface area contributed by atoms with Gasteiger partial charge in [0.25, 0.3) is 5.91 Å². The molecule has 0 aliphatic carbocycles. The standard InChI is InChI=1S/C16H11Cl2NO3/c17-10-6-7-13(12(18)8-10)22-14-9-15(20)19(16(14)21)11-4-2-1-3-5-11/h1-8,14H,9H2. The maximum atomic E-state index is 12.4. The number of nitrogens with zero attached hydrogens (tertiary/aromatic N) is 1. The minimum absolute atomic E-state index is 0.0211. The van der Waals surface area contributed by atoms with E-state index in [1.54, 1.807) is 36.4 Å². The maximum Gasteiger partial charge on any atom is 0.275 e. The number of hydrogen-bond acceptors (Lipinski definition) is 3. The van der Waals surface area contributed by atoms with Gasteiger partial charge in [-0.05, 0) is 30.3 Å². The molecule has 0 aromatic heterocycles. The van der Waals surface area contributed by atoms with Gasteiger partial charge in [-0.2, -0.15) is 0 Å². The molecule has 0 bridgehead atoms. The van der Waals surface area contributed by atoms with E-state index in [0.29, 0.717) is 21.5 Å². The van der Waals surface area contributed by atoms with E-state index < -0.39 is 12.0 Å². The first-order valence-electron chi connectivity index (χ1n) is 6.60. The van der Waals surface area contributed by atoms with Crippen molar-refractivity contribution in [2.45, 2.75) is 12.5 Å². The second-order valence-corrected chi connectivity index (χ2v) is 5.63. The summed E-state index contributed by atoms with van der Waals surface area (Å²) in [7, 11) is 0. The lowest BCUT2D eigenvalue weighted by molar-refractivity contribution is -0.123. The lowest BCUT2D eigenvalue weighted by Crippen LogP contribution is -2.33. The van der Waals surface area contributed by atoms with Crippen LogP contribution < -0.4 is 9.64 Å². The third-order valence-corrected chi connectivity index (χ3v) is 3.81. The molecule has 1 heterocycles. The van der Waals surface area contributed by atoms with Gasteiger partial charge in [-0.25, -0.2) is 4.90 Å². The molecule has 1 fully saturated rings. The molecule has 22 heavy (non-hydrogen) atoms. The zero-order chi connectivity index (χ0) is 15.7. The Bertz CT molecular complexity index is 733. The summed E-state index contributed by atoms with van der Waals surface area (Å²) in [6.07, 6.45) is -0.904. The quantitative estimate of drug-likeness (QED) is 0.803. The van der Waals surface area contributed by atoms with Crippen LogP contribution in [0.4, 0.5) is 5.69 Å². The van der Waals surface area contributed by atoms with Crippen molar-refractivity contribution in [3.05, 3.63) is 58.6 Å². The van der Waals surface area contributed by atoms with E-state index in [0.717, 1.165) is 4.90 Å². The normalized spacial score (nSPS) is 17.9. The number of benzene rings is 2. The summed E-state index contributed by atoms with van der Waals surface area (Å²) in [6, 6.07) is 13.5. The summed E-state index contributed by atoms with van der Waals surface area (Å²) in [5.41, 5.74) is 0.533. The first-order valence-corrected chi connectivity index (χ1v) is 7.35. The number of rotatable bonds is 3. The van der Waals surface area contributed by atoms with Crippen molar-refractivity contribution in [2.24, 2.45) is 0 Å². The largest absolute Gasteiger partial charge is 0.478 e. The summed E-state index contributed by atoms with van der Waals surface area (Å²) < 4.78 is 5.59. The monoisotopic (exact) mass is 335 g/mol. The fourth-order valence-corrected chi connectivity index (χ4v) is 2.72. The molecule has 1 aliphatic rings. The number of imide groups is 1. The van der Waals surface area contributed by atoms with Crippen LogP contribution in [0.25, 0.3) is 0 Å². The van der Waals surface area contributed by atoms with Gasteiger partial charge < -0.3 is 4.74 Å². The molecule has 6 heteroatoms. The van der Waals surface area contributed by atoms with Crippen LogP contribution in [-0.2, 0) is 9.59 Å². The van der Waals surface area contributed by atoms with Crippen LogP contribution in [0.5, 0.6) is 5.75 Å². The van der Waals surface area contributed by atoms with Crippen molar-refractivity contribution in [1.29, 1.82) is 0 Å². The second-order valence-electron chi connectivity index (χ2n) is 4.79. The van der Waals surface area contributed by atoms with Crippen molar-refractivity contribution in [2.75, 3.05) is 4.90 Å². The highest BCUT2D eigenvalue weighted by Crippen LogP contribution is 2.31. The van der Waals surface area contributed by atoms with Crippen LogP contribution >= 0.6 is 23.2 Å². The summed E-state index contributed by atoms with van der Waals surface area (Å²) >= 11 is 11.8. The number of para-hydroxylation sites is 1. The predicted molar refractivity (Wildman–Crippen MR) is 84.4 cm³/mol. The smallest absolute Gasteiger partial charge is 0.275 e. The molecule has 1 aliphatic heterocycles. The SMILES string of the molecule is O=C1CC(Oc2ccc(Cl)cc2Cl)C(=O)N1c1ccccc1. The number of carbonyl (C=O) groups excluding carboxylic acids is 2. The van der Waals surface area contributed by atoms with Crippen LogP contribution in [0, 0.1) is 0 Å². The van der Waals surface area contributed by atoms with Gasteiger partial charge >= 0.3 is 0 Å². The van der Waals surface area contributed by atoms with Gasteiger partial charge in [-0.15, -0.1) is 0 Å². The van der Waals surface area contributed by atoms with Gasteiger partial charge in [-0.1, -0.05) is 41.4 Å². The van der Waals surface area contributed by atoms with Crippen LogP contribution in [0.15, 0.2) is 48.5 Å². The minimum Gasteiger partial charge on any atom is -0.478 e. The molecule has 3 rings (SSSR count). The zero-order valence-electron chi connectivity index (χ0n) is 11.3. The Balaban J connectivity index is 1.82. The Kier molecular flexibility index (Phi) is 4.05. The van der Waals surface area contributed by atoms with Crippen LogP contribution in [-0.4, -0.2) is 17.9 Å². The molecular weight excluding hydrogens is 325 g/mol. The van der Waals surface area contributed by atoms with Gasteiger partial charge in [0, 0.05) is 5.02 Å². The first-order chi connectivity index (χ1) is 10.6. The number of hydrogen-bond donors (Lipinski definition) is 0. The maximum absolute atomic E-state index is 12.4. The van der Waals surface area contributed by atoms with Gasteiger partial charge in [-0.3, -0.25) is 9.59 Å². The first kappa shape index (κ1) is 14.9. The molecule has 0 radical (unpaired) electrons. The Hall–Kier alpha value is -2.04. The number of ether oxygens (including phenoxy) is 1. The number of anilines is 1. The topological polar surface area (TPSA) is 46.6 Å². The third-order valence-electron chi connectivity index (χ3n) is 3.28. The lowest BCUT2D eigenvalue weighted by atomic mass is 10.3. The predicted octanol–water partition coefficient (Wildman–Crippen LogP) is 3.70. The summed E-state index contributed by atoms with van der Waals surface area (Å²) in [5.74, 6) is -0.374. The van der Waals surface area contributed by atoms with E-state index in [9.17, 15) is 9.59 Å². The third kappa shape index (κ3) is 2.80. The van der Waals surface area contributed by atoms with Crippen molar-refractivity contribution in [3.63, 3.8) is 0 Å². The van der Waals surface area contributed by atoms with Gasteiger partial charge in [0.1, 0.15) is 5.75 Å². The molecule has 2 aromatic carbocycles. The number of halogens is 2. The van der Waals surface area contributed by atoms with Gasteiger partial charge in [0.15, 0.2) is 6.10 Å². The molecule has 1 atom stereocenters. The highest BCUT2D eigenvalue weighted by Gasteiger charge is 2.41. The second kappa shape index (κ2) is 5.99. The molecule has 2 aromatic rings. The molecule has 0 saturated carbocycles. The molecule has 2 amide bonds. The Morgan fingerprint density at radius 1 is 1.05 bits per heavy atom. The molecular formula is C16H11Cl2NO3. The van der Waals surface area contributed by atoms with E-state index in [2.05, 4.69) is 0 Å². The average molecular weight is 336 g/mol. The van der Waals surface area contributed by atoms with Crippen molar-refractivity contribution < 1.29 is 14.3 Å². The Morgan fingerprint density at radius 3 is 2.45 bits per heavy atom. The lowest BCUT2D eigenvalue weighted by Gasteiger charge is -2.16. The number of carbonyl (C=O) groups is 2. The van der Waals surface area contributed by atoms with Gasteiger partial charge in [0.05, 0.1) is 17.1 Å². The highest BCUT2D eigenvalue weighted by atomic mass is 35.5. The van der Waals surface area contributed by atoms with E-state index in [1.165, 1.54) is 6.07 Å². The van der Waals surface area contributed by atoms with E-state index in [-0.39, 0.29) is 12.3 Å². The van der Waals surface area contributed by atoms with Crippen LogP contribution in [0.1, 0.15) is 6.42 Å². The van der Waals surface area contributed by atoms with Gasteiger partial charge in [0.2, 0.25) is 5.91 Å². The van der Waals surface area contributed by atoms with Crippen molar-refractivity contribution in [1.82, 2.24) is 0 Å². The van der Waals surface area contributed by atoms with E-state index in [4.69, 9.17) is 27.9 Å². The Morgan fingerprint density at radius 2 is 1.77 bits per heavy atom. The molecule has 112 valence electrons. The van der Waals surface area contributed by atoms with E-state index in [1.807, 2.05) is 6.07 Å². The van der Waals surface area contributed by atoms with E-state index >= 15 is 0 Å². The summed E-state index contributed by atoms with van der Waals surface area (Å²) in [5, 5.41) is 0.767.